The lowest BCUT2D eigenvalue weighted by atomic mass is 10.1. The topological polar surface area (TPSA) is 83.9 Å². The Balaban J connectivity index is 2.32. The average molecular weight is 454 g/mol. The summed E-state index contributed by atoms with van der Waals surface area (Å²) in [5, 5.41) is 9.55. The summed E-state index contributed by atoms with van der Waals surface area (Å²) < 4.78 is 6.06. The van der Waals surface area contributed by atoms with Crippen LogP contribution in [-0.4, -0.2) is 56.1 Å². The van der Waals surface area contributed by atoms with Crippen LogP contribution in [0.4, 0.5) is 0 Å². The number of nitrogens with zero attached hydrogens (tertiary/aromatic N) is 1. The van der Waals surface area contributed by atoms with E-state index in [2.05, 4.69) is 0 Å². The highest BCUT2D eigenvalue weighted by molar-refractivity contribution is 8.26. The summed E-state index contributed by atoms with van der Waals surface area (Å²) in [6.45, 7) is 3.34. The van der Waals surface area contributed by atoms with Crippen LogP contribution >= 0.6 is 35.7 Å². The molecular formula is C20H23NO5S3. The van der Waals surface area contributed by atoms with Crippen molar-refractivity contribution in [1.29, 1.82) is 0 Å². The molecule has 0 saturated carbocycles. The van der Waals surface area contributed by atoms with Gasteiger partial charge < -0.3 is 9.84 Å². The smallest absolute Gasteiger partial charge is 0.326 e. The molecule has 1 amide bonds. The second kappa shape index (κ2) is 10.8. The Hall–Kier alpha value is -1.84. The van der Waals surface area contributed by atoms with Crippen LogP contribution < -0.4 is 4.74 Å². The number of hydrogen-bond acceptors (Lipinski definition) is 7. The number of hydrogen-bond donors (Lipinski definition) is 1. The van der Waals surface area contributed by atoms with E-state index in [0.29, 0.717) is 34.8 Å². The van der Waals surface area contributed by atoms with Gasteiger partial charge in [-0.3, -0.25) is 14.5 Å². The fourth-order valence-corrected chi connectivity index (χ4v) is 4.60. The number of carboxylic acids is 1. The molecule has 1 aromatic rings. The van der Waals surface area contributed by atoms with Crippen LogP contribution in [0, 0.1) is 0 Å². The van der Waals surface area contributed by atoms with Gasteiger partial charge in [0, 0.05) is 5.56 Å². The maximum absolute atomic E-state index is 12.9. The molecule has 6 nitrogen and oxygen atoms in total. The molecule has 1 heterocycles. The van der Waals surface area contributed by atoms with E-state index >= 15 is 0 Å². The molecule has 29 heavy (non-hydrogen) atoms. The summed E-state index contributed by atoms with van der Waals surface area (Å²) in [7, 11) is 0. The van der Waals surface area contributed by atoms with Gasteiger partial charge in [0.25, 0.3) is 5.91 Å². The number of Topliss-reactive ketones (excluding diaryl/α,β-unsaturated/α-hetero) is 1. The van der Waals surface area contributed by atoms with Crippen LogP contribution in [0.2, 0.25) is 0 Å². The van der Waals surface area contributed by atoms with Crippen LogP contribution in [0.1, 0.15) is 32.3 Å². The lowest BCUT2D eigenvalue weighted by molar-refractivity contribution is -0.145. The van der Waals surface area contributed by atoms with Gasteiger partial charge in [-0.15, -0.1) is 0 Å². The molecule has 0 radical (unpaired) electrons. The van der Waals surface area contributed by atoms with E-state index in [4.69, 9.17) is 17.0 Å². The highest BCUT2D eigenvalue weighted by Gasteiger charge is 2.40. The zero-order valence-corrected chi connectivity index (χ0v) is 18.9. The second-order valence-corrected chi connectivity index (χ2v) is 9.01. The minimum absolute atomic E-state index is 0.0771. The van der Waals surface area contributed by atoms with E-state index in [1.54, 1.807) is 30.3 Å². The van der Waals surface area contributed by atoms with Gasteiger partial charge in [0.1, 0.15) is 16.1 Å². The molecule has 2 rings (SSSR count). The summed E-state index contributed by atoms with van der Waals surface area (Å²) in [5.41, 5.74) is 0.628. The van der Waals surface area contributed by atoms with Gasteiger partial charge in [-0.1, -0.05) is 49.1 Å². The number of ether oxygens (including phenoxy) is 1. The van der Waals surface area contributed by atoms with E-state index < -0.39 is 24.0 Å². The highest BCUT2D eigenvalue weighted by atomic mass is 32.2. The molecule has 1 saturated heterocycles. The zero-order valence-electron chi connectivity index (χ0n) is 16.4. The minimum Gasteiger partial charge on any atom is -0.482 e. The number of benzene rings is 1. The van der Waals surface area contributed by atoms with Crippen molar-refractivity contribution in [1.82, 2.24) is 4.90 Å². The Morgan fingerprint density at radius 1 is 1.38 bits per heavy atom. The third-order valence-electron chi connectivity index (χ3n) is 4.31. The number of carboxylic acid groups (broad SMARTS) is 1. The molecule has 1 aromatic carbocycles. The Bertz CT molecular complexity index is 839. The lowest BCUT2D eigenvalue weighted by Crippen LogP contribution is -2.44. The molecule has 0 aliphatic carbocycles. The molecule has 0 aromatic heterocycles. The molecule has 1 N–H and O–H groups in total. The predicted molar refractivity (Wildman–Crippen MR) is 121 cm³/mol. The quantitative estimate of drug-likeness (QED) is 0.423. The monoisotopic (exact) mass is 453 g/mol. The van der Waals surface area contributed by atoms with Crippen LogP contribution in [-0.2, 0) is 14.4 Å². The van der Waals surface area contributed by atoms with E-state index in [1.807, 2.05) is 13.2 Å². The molecular weight excluding hydrogens is 430 g/mol. The van der Waals surface area contributed by atoms with Gasteiger partial charge in [-0.2, -0.15) is 11.8 Å². The normalized spacial score (nSPS) is 17.5. The molecule has 0 bridgehead atoms. The first-order valence-corrected chi connectivity index (χ1v) is 11.7. The number of carbonyl (C=O) groups excluding carboxylic acids is 2. The van der Waals surface area contributed by atoms with Gasteiger partial charge in [-0.05, 0) is 43.9 Å². The van der Waals surface area contributed by atoms with E-state index in [1.165, 1.54) is 23.6 Å². The summed E-state index contributed by atoms with van der Waals surface area (Å²) >= 11 is 7.88. The fraction of sp³-hybridized carbons (Fsp3) is 0.400. The van der Waals surface area contributed by atoms with Gasteiger partial charge in [0.15, 0.2) is 11.9 Å². The number of rotatable bonds is 10. The van der Waals surface area contributed by atoms with Crippen LogP contribution in [0.15, 0.2) is 29.2 Å². The second-order valence-electron chi connectivity index (χ2n) is 6.35. The minimum atomic E-state index is -1.08. The van der Waals surface area contributed by atoms with Gasteiger partial charge in [0.05, 0.1) is 4.91 Å². The van der Waals surface area contributed by atoms with Crippen molar-refractivity contribution in [2.45, 2.75) is 38.8 Å². The van der Waals surface area contributed by atoms with Crippen molar-refractivity contribution in [2.75, 3.05) is 12.0 Å². The number of aliphatic carboxylic acids is 1. The van der Waals surface area contributed by atoms with Crippen LogP contribution in [0.25, 0.3) is 6.08 Å². The van der Waals surface area contributed by atoms with Crippen molar-refractivity contribution in [3.8, 4) is 5.75 Å². The van der Waals surface area contributed by atoms with Crippen molar-refractivity contribution in [3.05, 3.63) is 34.7 Å². The molecule has 156 valence electrons. The third-order valence-corrected chi connectivity index (χ3v) is 6.29. The van der Waals surface area contributed by atoms with E-state index in [0.717, 1.165) is 11.8 Å². The van der Waals surface area contributed by atoms with Crippen molar-refractivity contribution < 1.29 is 24.2 Å². The largest absolute Gasteiger partial charge is 0.482 e. The first kappa shape index (κ1) is 23.4. The predicted octanol–water partition coefficient (Wildman–Crippen LogP) is 3.84. The number of carbonyl (C=O) groups is 3. The molecule has 9 heteroatoms. The number of amides is 1. The number of thiocarbonyl (C=S) groups is 1. The summed E-state index contributed by atoms with van der Waals surface area (Å²) in [6.07, 6.45) is 3.79. The maximum Gasteiger partial charge on any atom is 0.326 e. The summed E-state index contributed by atoms with van der Waals surface area (Å²) in [4.78, 5) is 37.8. The number of ketones is 1. The van der Waals surface area contributed by atoms with Gasteiger partial charge >= 0.3 is 5.97 Å². The Kier molecular flexibility index (Phi) is 8.73. The van der Waals surface area contributed by atoms with E-state index in [9.17, 15) is 19.5 Å². The van der Waals surface area contributed by atoms with Crippen LogP contribution in [0.5, 0.6) is 5.75 Å². The van der Waals surface area contributed by atoms with Gasteiger partial charge in [0.2, 0.25) is 0 Å². The van der Waals surface area contributed by atoms with Crippen LogP contribution in [0.3, 0.4) is 0 Å². The first-order chi connectivity index (χ1) is 13.8. The fourth-order valence-electron chi connectivity index (χ4n) is 2.80. The van der Waals surface area contributed by atoms with Crippen molar-refractivity contribution in [3.63, 3.8) is 0 Å². The van der Waals surface area contributed by atoms with Crippen molar-refractivity contribution in [2.24, 2.45) is 0 Å². The maximum atomic E-state index is 12.9. The zero-order chi connectivity index (χ0) is 21.6. The third kappa shape index (κ3) is 5.83. The molecule has 0 spiro atoms. The lowest BCUT2D eigenvalue weighted by Gasteiger charge is -2.22. The van der Waals surface area contributed by atoms with Crippen molar-refractivity contribution >= 4 is 63.8 Å². The summed E-state index contributed by atoms with van der Waals surface area (Å²) in [6, 6.07) is 6.10. The summed E-state index contributed by atoms with van der Waals surface area (Å²) in [5.74, 6) is -0.495. The molecule has 1 aliphatic rings. The molecule has 2 atom stereocenters. The first-order valence-electron chi connectivity index (χ1n) is 9.05. The molecule has 1 fully saturated rings. The Morgan fingerprint density at radius 3 is 2.66 bits per heavy atom. The Labute approximate surface area is 184 Å². The van der Waals surface area contributed by atoms with E-state index in [-0.39, 0.29) is 10.1 Å². The SMILES string of the molecule is CCC(Oc1ccccc1/C=C1\SC(=S)N(C(CCSC)C(=O)O)C1=O)C(C)=O. The average Bonchev–Trinajstić information content (AvgIpc) is 2.94. The standard InChI is InChI=1S/C20H23NO5S3/c1-4-15(12(2)22)26-16-8-6-5-7-13(16)11-17-18(23)21(20(27)29-17)14(19(24)25)9-10-28-3/h5-8,11,14-15H,4,9-10H2,1-3H3,(H,24,25)/b17-11-. The van der Waals surface area contributed by atoms with Gasteiger partial charge in [-0.25, -0.2) is 4.79 Å². The molecule has 2 unspecified atom stereocenters. The highest BCUT2D eigenvalue weighted by Crippen LogP contribution is 2.36. The number of para-hydroxylation sites is 1. The molecule has 1 aliphatic heterocycles. The Morgan fingerprint density at radius 2 is 2.07 bits per heavy atom. The number of thioether (sulfide) groups is 2.